The molecule has 0 aliphatic carbocycles. The molecule has 0 bridgehead atoms. The normalized spacial score (nSPS) is 13.6. The highest BCUT2D eigenvalue weighted by molar-refractivity contribution is 14.0. The van der Waals surface area contributed by atoms with Gasteiger partial charge in [-0.1, -0.05) is 13.3 Å². The molecule has 2 rings (SSSR count). The van der Waals surface area contributed by atoms with Crippen LogP contribution < -0.4 is 21.1 Å². The summed E-state index contributed by atoms with van der Waals surface area (Å²) in [4.78, 5) is 15.5. The first-order chi connectivity index (χ1) is 10.7. The molecule has 0 saturated carbocycles. The summed E-state index contributed by atoms with van der Waals surface area (Å²) in [5.41, 5.74) is 7.74. The Bertz CT molecular complexity index is 549. The maximum atomic E-state index is 11.3. The van der Waals surface area contributed by atoms with Crippen molar-refractivity contribution in [3.05, 3.63) is 23.8 Å². The molecule has 128 valence electrons. The molecular weight excluding hydrogens is 407 g/mol. The van der Waals surface area contributed by atoms with Crippen molar-refractivity contribution in [1.82, 2.24) is 5.32 Å². The Morgan fingerprint density at radius 1 is 1.43 bits per heavy atom. The van der Waals surface area contributed by atoms with E-state index in [2.05, 4.69) is 22.5 Å². The van der Waals surface area contributed by atoms with Crippen molar-refractivity contribution < 1.29 is 9.53 Å². The number of nitrogens with one attached hydrogen (secondary N) is 2. The van der Waals surface area contributed by atoms with Crippen molar-refractivity contribution in [1.29, 1.82) is 0 Å². The summed E-state index contributed by atoms with van der Waals surface area (Å²) in [6.45, 7) is 3.99. The number of carbonyl (C=O) groups excluding carboxylic acids is 1. The molecule has 0 fully saturated rings. The number of aliphatic imine (C=N–C) groups is 1. The number of carbonyl (C=O) groups is 1. The van der Waals surface area contributed by atoms with E-state index in [0.29, 0.717) is 25.5 Å². The number of ether oxygens (including phenoxy) is 1. The van der Waals surface area contributed by atoms with E-state index in [4.69, 9.17) is 10.5 Å². The maximum Gasteiger partial charge on any atom is 0.224 e. The number of nitrogens with zero attached hydrogens (tertiary/aromatic N) is 1. The van der Waals surface area contributed by atoms with Gasteiger partial charge in [0.05, 0.1) is 6.54 Å². The van der Waals surface area contributed by atoms with Crippen LogP contribution in [0.3, 0.4) is 0 Å². The summed E-state index contributed by atoms with van der Waals surface area (Å²) >= 11 is 0. The number of rotatable bonds is 7. The van der Waals surface area contributed by atoms with E-state index in [9.17, 15) is 4.79 Å². The lowest BCUT2D eigenvalue weighted by Crippen LogP contribution is -2.34. The summed E-state index contributed by atoms with van der Waals surface area (Å²) in [5.74, 6) is 1.34. The SMILES string of the molecule is CCCCN=C(N)NCCOc1ccc2c(c1)CCC(=O)N2.I. The van der Waals surface area contributed by atoms with Gasteiger partial charge in [0.15, 0.2) is 5.96 Å². The summed E-state index contributed by atoms with van der Waals surface area (Å²) in [6, 6.07) is 5.73. The Morgan fingerprint density at radius 3 is 3.04 bits per heavy atom. The highest BCUT2D eigenvalue weighted by atomic mass is 127. The first-order valence-electron chi connectivity index (χ1n) is 7.78. The number of fused-ring (bicyclic) bond motifs is 1. The predicted octanol–water partition coefficient (Wildman–Crippen LogP) is 2.27. The van der Waals surface area contributed by atoms with Crippen molar-refractivity contribution in [2.45, 2.75) is 32.6 Å². The van der Waals surface area contributed by atoms with Gasteiger partial charge in [-0.25, -0.2) is 0 Å². The minimum atomic E-state index is 0. The van der Waals surface area contributed by atoms with Crippen LogP contribution in [0.2, 0.25) is 0 Å². The van der Waals surface area contributed by atoms with Crippen LogP contribution in [0.4, 0.5) is 5.69 Å². The standard InChI is InChI=1S/C16H24N4O2.HI/c1-2-3-8-18-16(17)19-9-10-22-13-5-6-14-12(11-13)4-7-15(21)20-14;/h5-6,11H,2-4,7-10H2,1H3,(H,20,21)(H3,17,18,19);1H. The van der Waals surface area contributed by atoms with E-state index in [1.54, 1.807) is 0 Å². The zero-order valence-electron chi connectivity index (χ0n) is 13.4. The molecular formula is C16H25IN4O2. The second-order valence-corrected chi connectivity index (χ2v) is 5.26. The topological polar surface area (TPSA) is 88.7 Å². The molecule has 23 heavy (non-hydrogen) atoms. The summed E-state index contributed by atoms with van der Waals surface area (Å²) in [7, 11) is 0. The third-order valence-corrected chi connectivity index (χ3v) is 3.44. The molecule has 1 heterocycles. The number of amides is 1. The van der Waals surface area contributed by atoms with E-state index in [1.165, 1.54) is 0 Å². The molecule has 7 heteroatoms. The quantitative estimate of drug-likeness (QED) is 0.267. The average molecular weight is 432 g/mol. The van der Waals surface area contributed by atoms with E-state index >= 15 is 0 Å². The molecule has 4 N–H and O–H groups in total. The van der Waals surface area contributed by atoms with Gasteiger partial charge >= 0.3 is 0 Å². The first-order valence-corrected chi connectivity index (χ1v) is 7.78. The molecule has 0 radical (unpaired) electrons. The number of benzene rings is 1. The Morgan fingerprint density at radius 2 is 2.26 bits per heavy atom. The molecule has 0 aromatic heterocycles. The molecule has 1 aliphatic heterocycles. The fourth-order valence-electron chi connectivity index (χ4n) is 2.21. The molecule has 0 spiro atoms. The van der Waals surface area contributed by atoms with Crippen LogP contribution in [-0.4, -0.2) is 31.6 Å². The van der Waals surface area contributed by atoms with Crippen LogP contribution in [-0.2, 0) is 11.2 Å². The lowest BCUT2D eigenvalue weighted by atomic mass is 10.0. The van der Waals surface area contributed by atoms with Crippen LogP contribution in [0.1, 0.15) is 31.7 Å². The van der Waals surface area contributed by atoms with Crippen molar-refractivity contribution in [3.63, 3.8) is 0 Å². The Kier molecular flexibility index (Phi) is 8.75. The van der Waals surface area contributed by atoms with Crippen molar-refractivity contribution in [2.75, 3.05) is 25.0 Å². The number of hydrogen-bond donors (Lipinski definition) is 3. The number of nitrogens with two attached hydrogens (primary N) is 1. The Hall–Kier alpha value is -1.51. The van der Waals surface area contributed by atoms with Gasteiger partial charge in [-0.15, -0.1) is 24.0 Å². The van der Waals surface area contributed by atoms with Crippen LogP contribution in [0, 0.1) is 0 Å². The molecule has 0 unspecified atom stereocenters. The van der Waals surface area contributed by atoms with Crippen LogP contribution in [0.5, 0.6) is 5.75 Å². The van der Waals surface area contributed by atoms with Crippen molar-refractivity contribution in [2.24, 2.45) is 10.7 Å². The smallest absolute Gasteiger partial charge is 0.224 e. The largest absolute Gasteiger partial charge is 0.492 e. The van der Waals surface area contributed by atoms with Gasteiger partial charge in [0.25, 0.3) is 0 Å². The van der Waals surface area contributed by atoms with Crippen molar-refractivity contribution >= 4 is 41.5 Å². The average Bonchev–Trinajstić information content (AvgIpc) is 2.52. The number of guanidine groups is 1. The van der Waals surface area contributed by atoms with Gasteiger partial charge in [0.1, 0.15) is 12.4 Å². The van der Waals surface area contributed by atoms with Gasteiger partial charge in [-0.2, -0.15) is 0 Å². The lowest BCUT2D eigenvalue weighted by Gasteiger charge is -2.17. The van der Waals surface area contributed by atoms with Gasteiger partial charge in [-0.05, 0) is 36.6 Å². The number of halogens is 1. The van der Waals surface area contributed by atoms with Gasteiger partial charge in [0, 0.05) is 18.7 Å². The Balaban J connectivity index is 0.00000264. The van der Waals surface area contributed by atoms with Crippen LogP contribution >= 0.6 is 24.0 Å². The van der Waals surface area contributed by atoms with E-state index in [-0.39, 0.29) is 29.9 Å². The fraction of sp³-hybridized carbons (Fsp3) is 0.500. The Labute approximate surface area is 154 Å². The third kappa shape index (κ3) is 6.64. The number of aryl methyl sites for hydroxylation is 1. The summed E-state index contributed by atoms with van der Waals surface area (Å²) < 4.78 is 5.69. The molecule has 1 aliphatic rings. The second kappa shape index (κ2) is 10.3. The monoisotopic (exact) mass is 432 g/mol. The highest BCUT2D eigenvalue weighted by Gasteiger charge is 2.14. The first kappa shape index (κ1) is 19.5. The predicted molar refractivity (Wildman–Crippen MR) is 104 cm³/mol. The van der Waals surface area contributed by atoms with E-state index < -0.39 is 0 Å². The molecule has 1 aromatic rings. The van der Waals surface area contributed by atoms with Gasteiger partial charge in [0.2, 0.25) is 5.91 Å². The summed E-state index contributed by atoms with van der Waals surface area (Å²) in [6.07, 6.45) is 3.44. The minimum absolute atomic E-state index is 0. The van der Waals surface area contributed by atoms with Crippen molar-refractivity contribution in [3.8, 4) is 5.75 Å². The van der Waals surface area contributed by atoms with Gasteiger partial charge in [-0.3, -0.25) is 9.79 Å². The molecule has 1 aromatic carbocycles. The van der Waals surface area contributed by atoms with E-state index in [1.807, 2.05) is 18.2 Å². The maximum absolute atomic E-state index is 11.3. The molecule has 1 amide bonds. The number of unbranched alkanes of at least 4 members (excludes halogenated alkanes) is 1. The molecule has 6 nitrogen and oxygen atoms in total. The third-order valence-electron chi connectivity index (χ3n) is 3.44. The van der Waals surface area contributed by atoms with Gasteiger partial charge < -0.3 is 21.1 Å². The number of anilines is 1. The molecule has 0 atom stereocenters. The minimum Gasteiger partial charge on any atom is -0.492 e. The van der Waals surface area contributed by atoms with E-state index in [0.717, 1.165) is 42.8 Å². The highest BCUT2D eigenvalue weighted by Crippen LogP contribution is 2.26. The number of hydrogen-bond acceptors (Lipinski definition) is 3. The van der Waals surface area contributed by atoms with Crippen LogP contribution in [0.15, 0.2) is 23.2 Å². The lowest BCUT2D eigenvalue weighted by molar-refractivity contribution is -0.116. The zero-order valence-corrected chi connectivity index (χ0v) is 15.8. The van der Waals surface area contributed by atoms with Crippen LogP contribution in [0.25, 0.3) is 0 Å². The fourth-order valence-corrected chi connectivity index (χ4v) is 2.21. The zero-order chi connectivity index (χ0) is 15.8. The summed E-state index contributed by atoms with van der Waals surface area (Å²) in [5, 5.41) is 5.88. The molecule has 0 saturated heterocycles. The second-order valence-electron chi connectivity index (χ2n) is 5.26.